The fourth-order valence-electron chi connectivity index (χ4n) is 1.12. The number of anilines is 2. The highest BCUT2D eigenvalue weighted by molar-refractivity contribution is 14.1. The lowest BCUT2D eigenvalue weighted by Crippen LogP contribution is -1.98. The van der Waals surface area contributed by atoms with Crippen molar-refractivity contribution in [1.29, 1.82) is 0 Å². The number of halogens is 3. The van der Waals surface area contributed by atoms with Crippen LogP contribution in [-0.4, -0.2) is 9.97 Å². The molecule has 0 aliphatic rings. The number of benzene rings is 1. The summed E-state index contributed by atoms with van der Waals surface area (Å²) in [7, 11) is 0. The molecule has 0 aliphatic heterocycles. The molecule has 3 nitrogen and oxygen atoms in total. The van der Waals surface area contributed by atoms with E-state index in [-0.39, 0.29) is 5.82 Å². The normalized spacial score (nSPS) is 10.2. The fraction of sp³-hybridized carbons (Fsp3) is 0. The molecule has 0 fully saturated rings. The summed E-state index contributed by atoms with van der Waals surface area (Å²) >= 11 is 5.29. The molecule has 0 spiro atoms. The molecule has 0 amide bonds. The van der Waals surface area contributed by atoms with Gasteiger partial charge in [-0.15, -0.1) is 0 Å². The van der Waals surface area contributed by atoms with E-state index in [2.05, 4.69) is 53.8 Å². The lowest BCUT2D eigenvalue weighted by molar-refractivity contribution is 0.631. The van der Waals surface area contributed by atoms with E-state index in [0.29, 0.717) is 16.0 Å². The Morgan fingerprint density at radius 3 is 2.88 bits per heavy atom. The fourth-order valence-corrected chi connectivity index (χ4v) is 1.89. The summed E-state index contributed by atoms with van der Waals surface area (Å²) < 4.78 is 15.1. The van der Waals surface area contributed by atoms with Crippen LogP contribution < -0.4 is 5.32 Å². The van der Waals surface area contributed by atoms with E-state index >= 15 is 0 Å². The Kier molecular flexibility index (Phi) is 3.70. The standard InChI is InChI=1S/C10H6BrFIN3/c11-6-1-2-9(7(12)3-6)16-10-8(13)4-14-5-15-10/h1-5H,(H,14,15,16). The van der Waals surface area contributed by atoms with Gasteiger partial charge in [0.2, 0.25) is 0 Å². The van der Waals surface area contributed by atoms with Crippen LogP contribution in [0.3, 0.4) is 0 Å². The molecule has 0 aliphatic carbocycles. The van der Waals surface area contributed by atoms with Gasteiger partial charge in [-0.2, -0.15) is 0 Å². The smallest absolute Gasteiger partial charge is 0.147 e. The SMILES string of the molecule is Fc1cc(Br)ccc1Nc1ncncc1I. The van der Waals surface area contributed by atoms with E-state index in [0.717, 1.165) is 3.57 Å². The summed E-state index contributed by atoms with van der Waals surface area (Å²) in [6, 6.07) is 4.81. The lowest BCUT2D eigenvalue weighted by atomic mass is 10.3. The second kappa shape index (κ2) is 5.05. The van der Waals surface area contributed by atoms with Gasteiger partial charge in [-0.05, 0) is 40.8 Å². The molecule has 0 atom stereocenters. The van der Waals surface area contributed by atoms with Gasteiger partial charge >= 0.3 is 0 Å². The van der Waals surface area contributed by atoms with Crippen molar-refractivity contribution in [1.82, 2.24) is 9.97 Å². The summed E-state index contributed by atoms with van der Waals surface area (Å²) in [5, 5.41) is 2.91. The molecule has 0 saturated heterocycles. The number of hydrogen-bond donors (Lipinski definition) is 1. The van der Waals surface area contributed by atoms with Gasteiger partial charge in [0, 0.05) is 10.7 Å². The second-order valence-corrected chi connectivity index (χ2v) is 5.05. The first-order chi connectivity index (χ1) is 7.66. The molecular weight excluding hydrogens is 388 g/mol. The van der Waals surface area contributed by atoms with E-state index in [9.17, 15) is 4.39 Å². The summed E-state index contributed by atoms with van der Waals surface area (Å²) in [6.07, 6.45) is 3.08. The van der Waals surface area contributed by atoms with Crippen molar-refractivity contribution in [2.45, 2.75) is 0 Å². The van der Waals surface area contributed by atoms with Gasteiger partial charge in [-0.25, -0.2) is 14.4 Å². The quantitative estimate of drug-likeness (QED) is 0.790. The first-order valence-electron chi connectivity index (χ1n) is 4.34. The molecule has 1 N–H and O–H groups in total. The summed E-state index contributed by atoms with van der Waals surface area (Å²) in [4.78, 5) is 7.89. The predicted octanol–water partition coefficient (Wildman–Crippen LogP) is 3.73. The Labute approximate surface area is 114 Å². The zero-order valence-corrected chi connectivity index (χ0v) is 11.7. The molecule has 6 heteroatoms. The molecule has 1 heterocycles. The van der Waals surface area contributed by atoms with Crippen LogP contribution in [0.15, 0.2) is 35.2 Å². The van der Waals surface area contributed by atoms with Crippen LogP contribution >= 0.6 is 38.5 Å². The van der Waals surface area contributed by atoms with Crippen LogP contribution in [-0.2, 0) is 0 Å². The van der Waals surface area contributed by atoms with Gasteiger partial charge in [0.25, 0.3) is 0 Å². The van der Waals surface area contributed by atoms with Gasteiger partial charge in [0.05, 0.1) is 9.26 Å². The van der Waals surface area contributed by atoms with Gasteiger partial charge in [0.15, 0.2) is 0 Å². The maximum absolute atomic E-state index is 13.5. The predicted molar refractivity (Wildman–Crippen MR) is 72.1 cm³/mol. The van der Waals surface area contributed by atoms with E-state index in [1.54, 1.807) is 18.3 Å². The van der Waals surface area contributed by atoms with Crippen molar-refractivity contribution < 1.29 is 4.39 Å². The topological polar surface area (TPSA) is 37.8 Å². The lowest BCUT2D eigenvalue weighted by Gasteiger charge is -2.07. The number of nitrogens with one attached hydrogen (secondary N) is 1. The Balaban J connectivity index is 2.31. The van der Waals surface area contributed by atoms with E-state index in [4.69, 9.17) is 0 Å². The van der Waals surface area contributed by atoms with Crippen molar-refractivity contribution in [3.63, 3.8) is 0 Å². The second-order valence-electron chi connectivity index (χ2n) is 2.97. The Morgan fingerprint density at radius 2 is 2.19 bits per heavy atom. The Hall–Kier alpha value is -0.760. The number of aromatic nitrogens is 2. The zero-order valence-electron chi connectivity index (χ0n) is 7.92. The zero-order chi connectivity index (χ0) is 11.5. The first kappa shape index (κ1) is 11.7. The van der Waals surface area contributed by atoms with E-state index in [1.165, 1.54) is 12.4 Å². The van der Waals surface area contributed by atoms with E-state index in [1.807, 2.05) is 0 Å². The minimum absolute atomic E-state index is 0.330. The molecule has 1 aromatic carbocycles. The monoisotopic (exact) mass is 393 g/mol. The van der Waals surface area contributed by atoms with Gasteiger partial charge < -0.3 is 5.32 Å². The first-order valence-corrected chi connectivity index (χ1v) is 6.21. The average molecular weight is 394 g/mol. The largest absolute Gasteiger partial charge is 0.337 e. The molecular formula is C10H6BrFIN3. The van der Waals surface area contributed by atoms with Gasteiger partial charge in [-0.1, -0.05) is 15.9 Å². The molecule has 16 heavy (non-hydrogen) atoms. The maximum atomic E-state index is 13.5. The summed E-state index contributed by atoms with van der Waals surface area (Å²) in [5.74, 6) is 0.264. The highest BCUT2D eigenvalue weighted by Gasteiger charge is 2.06. The van der Waals surface area contributed by atoms with Gasteiger partial charge in [-0.3, -0.25) is 0 Å². The molecule has 0 saturated carbocycles. The summed E-state index contributed by atoms with van der Waals surface area (Å²) in [6.45, 7) is 0. The molecule has 2 aromatic rings. The van der Waals surface area contributed by atoms with Crippen molar-refractivity contribution in [3.05, 3.63) is 44.6 Å². The minimum Gasteiger partial charge on any atom is -0.337 e. The van der Waals surface area contributed by atoms with Gasteiger partial charge in [0.1, 0.15) is 18.0 Å². The number of rotatable bonds is 2. The molecule has 1 aromatic heterocycles. The van der Waals surface area contributed by atoms with Crippen LogP contribution in [0.4, 0.5) is 15.9 Å². The van der Waals surface area contributed by atoms with Crippen LogP contribution in [0.5, 0.6) is 0 Å². The highest BCUT2D eigenvalue weighted by atomic mass is 127. The van der Waals surface area contributed by atoms with Crippen LogP contribution in [0.2, 0.25) is 0 Å². The van der Waals surface area contributed by atoms with Crippen molar-refractivity contribution in [2.75, 3.05) is 5.32 Å². The molecule has 0 unspecified atom stereocenters. The molecule has 0 radical (unpaired) electrons. The van der Waals surface area contributed by atoms with Crippen LogP contribution in [0, 0.1) is 9.39 Å². The Morgan fingerprint density at radius 1 is 1.38 bits per heavy atom. The van der Waals surface area contributed by atoms with Crippen LogP contribution in [0.25, 0.3) is 0 Å². The molecule has 0 bridgehead atoms. The van der Waals surface area contributed by atoms with Crippen molar-refractivity contribution >= 4 is 50.0 Å². The Bertz CT molecular complexity index is 521. The van der Waals surface area contributed by atoms with Crippen molar-refractivity contribution in [3.8, 4) is 0 Å². The third kappa shape index (κ3) is 2.67. The molecule has 82 valence electrons. The summed E-state index contributed by atoms with van der Waals surface area (Å²) in [5.41, 5.74) is 0.389. The van der Waals surface area contributed by atoms with Crippen LogP contribution in [0.1, 0.15) is 0 Å². The molecule has 2 rings (SSSR count). The third-order valence-electron chi connectivity index (χ3n) is 1.85. The number of hydrogen-bond acceptors (Lipinski definition) is 3. The minimum atomic E-state index is -0.330. The maximum Gasteiger partial charge on any atom is 0.147 e. The average Bonchev–Trinajstić information content (AvgIpc) is 2.25. The number of nitrogens with zero attached hydrogens (tertiary/aromatic N) is 2. The third-order valence-corrected chi connectivity index (χ3v) is 3.13. The highest BCUT2D eigenvalue weighted by Crippen LogP contribution is 2.24. The van der Waals surface area contributed by atoms with E-state index < -0.39 is 0 Å². The van der Waals surface area contributed by atoms with Crippen molar-refractivity contribution in [2.24, 2.45) is 0 Å².